The number of rotatable bonds is 3. The molecule has 0 radical (unpaired) electrons. The number of carbonyl (C=O) groups excluding carboxylic acids is 2. The molecule has 3 heterocycles. The van der Waals surface area contributed by atoms with Gasteiger partial charge >= 0.3 is 0 Å². The molecule has 0 aliphatic carbocycles. The zero-order valence-electron chi connectivity index (χ0n) is 23.4. The number of carbonyl (C=O) groups is 2. The number of anilines is 3. The zero-order valence-corrected chi connectivity index (χ0v) is 23.4. The second-order valence-electron chi connectivity index (χ2n) is 10.4. The first-order valence-electron chi connectivity index (χ1n) is 14.0. The van der Waals surface area contributed by atoms with Crippen molar-refractivity contribution in [2.45, 2.75) is 25.8 Å². The number of benzene rings is 2. The SMILES string of the molecule is C=CC(=O)N1CCC(C(=O)Nc2cc3cc(c2)Nc2nccc(n2)-c2cccc(c2)OCC/C=C/CN(C)C3)CC1. The van der Waals surface area contributed by atoms with Gasteiger partial charge in [-0.15, -0.1) is 0 Å². The van der Waals surface area contributed by atoms with Crippen LogP contribution in [0.1, 0.15) is 24.8 Å². The Labute approximate surface area is 240 Å². The van der Waals surface area contributed by atoms with E-state index in [0.717, 1.165) is 41.2 Å². The van der Waals surface area contributed by atoms with E-state index in [-0.39, 0.29) is 17.7 Å². The van der Waals surface area contributed by atoms with E-state index in [1.807, 2.05) is 42.5 Å². The topological polar surface area (TPSA) is 99.7 Å². The molecule has 1 aromatic heterocycles. The minimum atomic E-state index is -0.157. The second-order valence-corrected chi connectivity index (χ2v) is 10.4. The van der Waals surface area contributed by atoms with Gasteiger partial charge in [0.15, 0.2) is 0 Å². The van der Waals surface area contributed by atoms with Crippen molar-refractivity contribution in [3.8, 4) is 17.0 Å². The summed E-state index contributed by atoms with van der Waals surface area (Å²) >= 11 is 0. The van der Waals surface area contributed by atoms with Crippen molar-refractivity contribution in [1.29, 1.82) is 0 Å². The number of fused-ring (bicyclic) bond motifs is 7. The number of likely N-dealkylation sites (tertiary alicyclic amines) is 1. The lowest BCUT2D eigenvalue weighted by Crippen LogP contribution is -2.40. The summed E-state index contributed by atoms with van der Waals surface area (Å²) in [5.74, 6) is 0.976. The number of nitrogens with zero attached hydrogens (tertiary/aromatic N) is 4. The van der Waals surface area contributed by atoms with Crippen LogP contribution in [0.25, 0.3) is 11.3 Å². The summed E-state index contributed by atoms with van der Waals surface area (Å²) < 4.78 is 5.95. The van der Waals surface area contributed by atoms with Crippen molar-refractivity contribution in [2.24, 2.45) is 5.92 Å². The molecule has 212 valence electrons. The molecule has 1 fully saturated rings. The Balaban J connectivity index is 1.39. The predicted octanol–water partition coefficient (Wildman–Crippen LogP) is 5.02. The van der Waals surface area contributed by atoms with Gasteiger partial charge in [0, 0.05) is 55.2 Å². The van der Waals surface area contributed by atoms with Gasteiger partial charge in [-0.3, -0.25) is 14.5 Å². The molecule has 0 saturated carbocycles. The summed E-state index contributed by atoms with van der Waals surface area (Å²) in [7, 11) is 2.06. The van der Waals surface area contributed by atoms with Crippen LogP contribution in [-0.4, -0.2) is 64.9 Å². The van der Waals surface area contributed by atoms with Crippen LogP contribution >= 0.6 is 0 Å². The number of likely N-dealkylation sites (N-methyl/N-ethyl adjacent to an activating group) is 1. The van der Waals surface area contributed by atoms with Crippen molar-refractivity contribution < 1.29 is 14.3 Å². The van der Waals surface area contributed by atoms with Gasteiger partial charge in [0.1, 0.15) is 5.75 Å². The summed E-state index contributed by atoms with van der Waals surface area (Å²) in [4.78, 5) is 38.3. The maximum atomic E-state index is 13.2. The normalized spacial score (nSPS) is 17.2. The summed E-state index contributed by atoms with van der Waals surface area (Å²) in [6, 6.07) is 15.7. The van der Waals surface area contributed by atoms with Gasteiger partial charge in [-0.05, 0) is 74.3 Å². The highest BCUT2D eigenvalue weighted by Gasteiger charge is 2.26. The van der Waals surface area contributed by atoms with Gasteiger partial charge in [-0.2, -0.15) is 0 Å². The van der Waals surface area contributed by atoms with E-state index in [9.17, 15) is 9.59 Å². The van der Waals surface area contributed by atoms with Crippen LogP contribution in [0.5, 0.6) is 5.75 Å². The highest BCUT2D eigenvalue weighted by Crippen LogP contribution is 2.27. The van der Waals surface area contributed by atoms with Gasteiger partial charge < -0.3 is 20.3 Å². The van der Waals surface area contributed by atoms with E-state index in [4.69, 9.17) is 9.72 Å². The van der Waals surface area contributed by atoms with Crippen molar-refractivity contribution in [2.75, 3.05) is 43.9 Å². The summed E-state index contributed by atoms with van der Waals surface area (Å²) in [5, 5.41) is 6.46. The van der Waals surface area contributed by atoms with E-state index < -0.39 is 0 Å². The fraction of sp³-hybridized carbons (Fsp3) is 0.312. The molecule has 0 spiro atoms. The largest absolute Gasteiger partial charge is 0.493 e. The number of nitrogens with one attached hydrogen (secondary N) is 2. The van der Waals surface area contributed by atoms with Crippen LogP contribution in [0, 0.1) is 5.92 Å². The number of piperidine rings is 1. The molecule has 2 aliphatic rings. The second kappa shape index (κ2) is 13.2. The molecule has 2 aromatic carbocycles. The molecule has 6 bridgehead atoms. The molecule has 2 N–H and O–H groups in total. The number of ether oxygens (including phenoxy) is 1. The standard InChI is InChI=1S/C32H36N6O3/c1-3-30(39)38-15-11-24(12-16-38)31(40)34-26-18-23-19-27(21-26)35-32-33-13-10-29(36-32)25-8-7-9-28(20-25)41-17-6-4-5-14-37(2)22-23/h3-5,7-10,13,18-21,24H,1,6,11-12,14-17,22H2,2H3,(H,34,40)(H,33,35,36)/b5-4+. The van der Waals surface area contributed by atoms with Gasteiger partial charge in [-0.1, -0.05) is 30.9 Å². The number of aromatic nitrogens is 2. The molecule has 0 unspecified atom stereocenters. The Bertz CT molecular complexity index is 1430. The van der Waals surface area contributed by atoms with Crippen molar-refractivity contribution in [3.05, 3.63) is 85.1 Å². The molecule has 2 amide bonds. The summed E-state index contributed by atoms with van der Waals surface area (Å²) in [6.07, 6.45) is 9.40. The molecule has 41 heavy (non-hydrogen) atoms. The lowest BCUT2D eigenvalue weighted by atomic mass is 9.95. The van der Waals surface area contributed by atoms with E-state index in [1.165, 1.54) is 6.08 Å². The highest BCUT2D eigenvalue weighted by molar-refractivity contribution is 5.93. The Morgan fingerprint density at radius 1 is 1.12 bits per heavy atom. The molecular formula is C32H36N6O3. The molecule has 9 nitrogen and oxygen atoms in total. The van der Waals surface area contributed by atoms with Crippen LogP contribution in [-0.2, 0) is 16.1 Å². The molecule has 0 atom stereocenters. The molecule has 2 aliphatic heterocycles. The lowest BCUT2D eigenvalue weighted by molar-refractivity contribution is -0.130. The van der Waals surface area contributed by atoms with Gasteiger partial charge in [-0.25, -0.2) is 9.97 Å². The fourth-order valence-electron chi connectivity index (χ4n) is 5.11. The van der Waals surface area contributed by atoms with Crippen molar-refractivity contribution in [1.82, 2.24) is 19.8 Å². The van der Waals surface area contributed by atoms with E-state index >= 15 is 0 Å². The molecule has 1 saturated heterocycles. The Kier molecular flexibility index (Phi) is 9.05. The van der Waals surface area contributed by atoms with Crippen molar-refractivity contribution in [3.63, 3.8) is 0 Å². The van der Waals surface area contributed by atoms with Gasteiger partial charge in [0.2, 0.25) is 17.8 Å². The quantitative estimate of drug-likeness (QED) is 0.348. The minimum Gasteiger partial charge on any atom is -0.493 e. The van der Waals surface area contributed by atoms with Crippen LogP contribution in [0.3, 0.4) is 0 Å². The maximum absolute atomic E-state index is 13.2. The van der Waals surface area contributed by atoms with Crippen LogP contribution in [0.2, 0.25) is 0 Å². The van der Waals surface area contributed by atoms with E-state index in [0.29, 0.717) is 50.7 Å². The average Bonchev–Trinajstić information content (AvgIpc) is 2.98. The smallest absolute Gasteiger partial charge is 0.245 e. The Morgan fingerprint density at radius 2 is 1.98 bits per heavy atom. The average molecular weight is 553 g/mol. The Hall–Kier alpha value is -4.50. The maximum Gasteiger partial charge on any atom is 0.245 e. The Morgan fingerprint density at radius 3 is 2.80 bits per heavy atom. The minimum absolute atomic E-state index is 0.0371. The monoisotopic (exact) mass is 552 g/mol. The first-order chi connectivity index (χ1) is 20.0. The van der Waals surface area contributed by atoms with Crippen molar-refractivity contribution >= 4 is 29.1 Å². The zero-order chi connectivity index (χ0) is 28.6. The summed E-state index contributed by atoms with van der Waals surface area (Å²) in [5.41, 5.74) is 4.25. The van der Waals surface area contributed by atoms with Crippen LogP contribution in [0.4, 0.5) is 17.3 Å². The number of amides is 2. The van der Waals surface area contributed by atoms with Gasteiger partial charge in [0.05, 0.1) is 12.3 Å². The van der Waals surface area contributed by atoms with Crippen LogP contribution in [0.15, 0.2) is 79.5 Å². The first kappa shape index (κ1) is 28.0. The highest BCUT2D eigenvalue weighted by atomic mass is 16.5. The van der Waals surface area contributed by atoms with E-state index in [2.05, 4.69) is 52.4 Å². The predicted molar refractivity (Wildman–Crippen MR) is 161 cm³/mol. The third-order valence-corrected chi connectivity index (χ3v) is 7.24. The molecule has 5 rings (SSSR count). The third kappa shape index (κ3) is 7.58. The molecular weight excluding hydrogens is 516 g/mol. The first-order valence-corrected chi connectivity index (χ1v) is 14.0. The number of hydrogen-bond acceptors (Lipinski definition) is 7. The van der Waals surface area contributed by atoms with Gasteiger partial charge in [0.25, 0.3) is 0 Å². The summed E-state index contributed by atoms with van der Waals surface area (Å²) in [6.45, 7) is 6.73. The third-order valence-electron chi connectivity index (χ3n) is 7.24. The van der Waals surface area contributed by atoms with E-state index in [1.54, 1.807) is 11.1 Å². The van der Waals surface area contributed by atoms with Crippen LogP contribution < -0.4 is 15.4 Å². The number of hydrogen-bond donors (Lipinski definition) is 2. The lowest BCUT2D eigenvalue weighted by Gasteiger charge is -2.30. The molecule has 3 aromatic rings. The molecule has 9 heteroatoms. The fourth-order valence-corrected chi connectivity index (χ4v) is 5.11.